The van der Waals surface area contributed by atoms with Crippen LogP contribution in [-0.2, 0) is 4.79 Å². The van der Waals surface area contributed by atoms with Crippen LogP contribution in [0.1, 0.15) is 30.1 Å². The number of rotatable bonds is 6. The molecule has 0 aliphatic rings. The molecule has 7 heteroatoms. The Morgan fingerprint density at radius 3 is 2.59 bits per heavy atom. The van der Waals surface area contributed by atoms with E-state index in [1.165, 1.54) is 11.3 Å². The number of carbonyl (C=O) groups excluding carboxylic acids is 2. The monoisotopic (exact) mass is 399 g/mol. The molecule has 0 spiro atoms. The summed E-state index contributed by atoms with van der Waals surface area (Å²) < 4.78 is 0. The van der Waals surface area contributed by atoms with Gasteiger partial charge < -0.3 is 5.32 Å². The van der Waals surface area contributed by atoms with E-state index >= 15 is 0 Å². The second kappa shape index (κ2) is 8.79. The van der Waals surface area contributed by atoms with Crippen molar-refractivity contribution in [1.29, 1.82) is 0 Å². The van der Waals surface area contributed by atoms with Crippen molar-refractivity contribution in [2.75, 3.05) is 10.6 Å². The molecule has 0 aliphatic carbocycles. The highest BCUT2D eigenvalue weighted by atomic mass is 35.5. The van der Waals surface area contributed by atoms with E-state index in [4.69, 9.17) is 11.6 Å². The molecule has 0 fully saturated rings. The second-order valence-corrected chi connectivity index (χ2v) is 7.17. The van der Waals surface area contributed by atoms with E-state index in [1.54, 1.807) is 24.3 Å². The first-order valence-electron chi connectivity index (χ1n) is 8.48. The van der Waals surface area contributed by atoms with Gasteiger partial charge in [0.15, 0.2) is 5.13 Å². The number of amides is 2. The van der Waals surface area contributed by atoms with Crippen LogP contribution in [0.25, 0.3) is 11.3 Å². The zero-order chi connectivity index (χ0) is 19.2. The first-order chi connectivity index (χ1) is 13.0. The number of carbonyl (C=O) groups is 2. The summed E-state index contributed by atoms with van der Waals surface area (Å²) in [5.74, 6) is -0.252. The van der Waals surface area contributed by atoms with Crippen LogP contribution in [0, 0.1) is 0 Å². The second-order valence-electron chi connectivity index (χ2n) is 5.88. The normalized spacial score (nSPS) is 10.4. The zero-order valence-electron chi connectivity index (χ0n) is 14.7. The number of hydrogen-bond donors (Lipinski definition) is 2. The molecule has 0 bridgehead atoms. The van der Waals surface area contributed by atoms with E-state index in [0.717, 1.165) is 23.4 Å². The van der Waals surface area contributed by atoms with Crippen molar-refractivity contribution in [2.45, 2.75) is 19.8 Å². The smallest absolute Gasteiger partial charge is 0.257 e. The summed E-state index contributed by atoms with van der Waals surface area (Å²) >= 11 is 7.27. The third-order valence-electron chi connectivity index (χ3n) is 3.75. The number of benzene rings is 2. The predicted molar refractivity (Wildman–Crippen MR) is 110 cm³/mol. The third-order valence-corrected chi connectivity index (χ3v) is 4.75. The maximum atomic E-state index is 12.3. The molecule has 0 saturated heterocycles. The van der Waals surface area contributed by atoms with Crippen molar-refractivity contribution in [1.82, 2.24) is 4.98 Å². The fourth-order valence-electron chi connectivity index (χ4n) is 2.44. The van der Waals surface area contributed by atoms with Crippen molar-refractivity contribution in [2.24, 2.45) is 0 Å². The third kappa shape index (κ3) is 5.15. The molecule has 2 aromatic carbocycles. The van der Waals surface area contributed by atoms with Gasteiger partial charge in [-0.3, -0.25) is 14.9 Å². The summed E-state index contributed by atoms with van der Waals surface area (Å²) in [6, 6.07) is 14.2. The fraction of sp³-hybridized carbons (Fsp3) is 0.150. The van der Waals surface area contributed by atoms with Gasteiger partial charge in [0.1, 0.15) is 0 Å². The number of nitrogens with one attached hydrogen (secondary N) is 2. The molecule has 0 saturated carbocycles. The molecule has 2 N–H and O–H groups in total. The topological polar surface area (TPSA) is 71.1 Å². The number of thiazole rings is 1. The van der Waals surface area contributed by atoms with Crippen LogP contribution in [0.3, 0.4) is 0 Å². The van der Waals surface area contributed by atoms with E-state index < -0.39 is 0 Å². The summed E-state index contributed by atoms with van der Waals surface area (Å²) in [6.45, 7) is 1.97. The van der Waals surface area contributed by atoms with Crippen molar-refractivity contribution < 1.29 is 9.59 Å². The molecule has 0 atom stereocenters. The van der Waals surface area contributed by atoms with Gasteiger partial charge in [-0.2, -0.15) is 0 Å². The van der Waals surface area contributed by atoms with E-state index in [0.29, 0.717) is 22.1 Å². The minimum atomic E-state index is -0.257. The van der Waals surface area contributed by atoms with Crippen molar-refractivity contribution in [3.63, 3.8) is 0 Å². The molecule has 1 aromatic heterocycles. The largest absolute Gasteiger partial charge is 0.326 e. The van der Waals surface area contributed by atoms with E-state index in [1.807, 2.05) is 36.6 Å². The molecule has 3 aromatic rings. The van der Waals surface area contributed by atoms with Crippen LogP contribution >= 0.6 is 22.9 Å². The van der Waals surface area contributed by atoms with Gasteiger partial charge in [-0.25, -0.2) is 4.98 Å². The van der Waals surface area contributed by atoms with Crippen LogP contribution in [0.5, 0.6) is 0 Å². The van der Waals surface area contributed by atoms with Gasteiger partial charge in [0.25, 0.3) is 5.91 Å². The lowest BCUT2D eigenvalue weighted by atomic mass is 10.1. The Balaban J connectivity index is 1.66. The predicted octanol–water partition coefficient (Wildman–Crippen LogP) is 5.45. The van der Waals surface area contributed by atoms with Crippen LogP contribution in [0.2, 0.25) is 5.02 Å². The zero-order valence-corrected chi connectivity index (χ0v) is 16.2. The SMILES string of the molecule is CCCC(=O)Nc1ccc(-c2csc(NC(=O)c3cccc(Cl)c3)n2)cc1. The molecule has 0 unspecified atom stereocenters. The Hall–Kier alpha value is -2.70. The summed E-state index contributed by atoms with van der Waals surface area (Å²) in [7, 11) is 0. The summed E-state index contributed by atoms with van der Waals surface area (Å²) in [5.41, 5.74) is 2.89. The Bertz CT molecular complexity index is 954. The quantitative estimate of drug-likeness (QED) is 0.578. The molecular formula is C20H18ClN3O2S. The maximum absolute atomic E-state index is 12.3. The lowest BCUT2D eigenvalue weighted by Crippen LogP contribution is -2.11. The Morgan fingerprint density at radius 2 is 1.89 bits per heavy atom. The van der Waals surface area contributed by atoms with Crippen LogP contribution in [0.4, 0.5) is 10.8 Å². The van der Waals surface area contributed by atoms with E-state index in [2.05, 4.69) is 15.6 Å². The first kappa shape index (κ1) is 19.1. The Kier molecular flexibility index (Phi) is 6.21. The van der Waals surface area contributed by atoms with Gasteiger partial charge in [0, 0.05) is 33.6 Å². The first-order valence-corrected chi connectivity index (χ1v) is 9.73. The number of nitrogens with zero attached hydrogens (tertiary/aromatic N) is 1. The van der Waals surface area contributed by atoms with Gasteiger partial charge >= 0.3 is 0 Å². The average Bonchev–Trinajstić information content (AvgIpc) is 3.11. The standard InChI is InChI=1S/C20H18ClN3O2S/c1-2-4-18(25)22-16-9-7-13(8-10-16)17-12-27-20(23-17)24-19(26)14-5-3-6-15(21)11-14/h3,5-12H,2,4H2,1H3,(H,22,25)(H,23,24,26). The molecule has 138 valence electrons. The molecule has 1 heterocycles. The summed E-state index contributed by atoms with van der Waals surface area (Å²) in [5, 5.41) is 8.52. The Labute approximate surface area is 166 Å². The van der Waals surface area contributed by atoms with Crippen LogP contribution in [-0.4, -0.2) is 16.8 Å². The molecule has 5 nitrogen and oxygen atoms in total. The summed E-state index contributed by atoms with van der Waals surface area (Å²) in [4.78, 5) is 28.4. The molecular weight excluding hydrogens is 382 g/mol. The van der Waals surface area contributed by atoms with Gasteiger partial charge in [-0.1, -0.05) is 36.7 Å². The molecule has 0 radical (unpaired) electrons. The van der Waals surface area contributed by atoms with Gasteiger partial charge in [0.05, 0.1) is 5.69 Å². The minimum absolute atomic E-state index is 0.00456. The molecule has 3 rings (SSSR count). The van der Waals surface area contributed by atoms with Crippen molar-refractivity contribution >= 4 is 45.6 Å². The highest BCUT2D eigenvalue weighted by molar-refractivity contribution is 7.14. The maximum Gasteiger partial charge on any atom is 0.257 e. The van der Waals surface area contributed by atoms with Gasteiger partial charge in [-0.15, -0.1) is 11.3 Å². The average molecular weight is 400 g/mol. The molecule has 2 amide bonds. The van der Waals surface area contributed by atoms with E-state index in [9.17, 15) is 9.59 Å². The minimum Gasteiger partial charge on any atom is -0.326 e. The fourth-order valence-corrected chi connectivity index (χ4v) is 3.34. The van der Waals surface area contributed by atoms with E-state index in [-0.39, 0.29) is 11.8 Å². The van der Waals surface area contributed by atoms with Gasteiger partial charge in [0.2, 0.25) is 5.91 Å². The van der Waals surface area contributed by atoms with Crippen LogP contribution in [0.15, 0.2) is 53.9 Å². The Morgan fingerprint density at radius 1 is 1.11 bits per heavy atom. The number of halogens is 1. The molecule has 0 aliphatic heterocycles. The van der Waals surface area contributed by atoms with Gasteiger partial charge in [-0.05, 0) is 36.8 Å². The van der Waals surface area contributed by atoms with Crippen LogP contribution < -0.4 is 10.6 Å². The summed E-state index contributed by atoms with van der Waals surface area (Å²) in [6.07, 6.45) is 1.32. The van der Waals surface area contributed by atoms with Crippen molar-refractivity contribution in [3.8, 4) is 11.3 Å². The molecule has 27 heavy (non-hydrogen) atoms. The van der Waals surface area contributed by atoms with Crippen molar-refractivity contribution in [3.05, 3.63) is 64.5 Å². The number of hydrogen-bond acceptors (Lipinski definition) is 4. The highest BCUT2D eigenvalue weighted by Crippen LogP contribution is 2.26. The lowest BCUT2D eigenvalue weighted by molar-refractivity contribution is -0.116. The highest BCUT2D eigenvalue weighted by Gasteiger charge is 2.10. The number of aromatic nitrogens is 1. The lowest BCUT2D eigenvalue weighted by Gasteiger charge is -2.05. The number of anilines is 2.